The third-order valence-electron chi connectivity index (χ3n) is 3.79. The summed E-state index contributed by atoms with van der Waals surface area (Å²) in [6.07, 6.45) is 1.78. The molecule has 2 aromatic carbocycles. The van der Waals surface area contributed by atoms with Gasteiger partial charge in [0.2, 0.25) is 5.90 Å². The van der Waals surface area contributed by atoms with Crippen LogP contribution in [0.3, 0.4) is 0 Å². The van der Waals surface area contributed by atoms with E-state index in [1.165, 1.54) is 5.56 Å². The van der Waals surface area contributed by atoms with Crippen LogP contribution in [0.15, 0.2) is 53.2 Å². The minimum Gasteiger partial charge on any atom is -0.484 e. The maximum atomic E-state index is 12.0. The highest BCUT2D eigenvalue weighted by molar-refractivity contribution is 6.07. The molecule has 122 valence electrons. The van der Waals surface area contributed by atoms with Gasteiger partial charge in [0.25, 0.3) is 0 Å². The van der Waals surface area contributed by atoms with E-state index < -0.39 is 5.97 Å². The summed E-state index contributed by atoms with van der Waals surface area (Å²) in [5.74, 6) is 0.539. The molecule has 1 heterocycles. The minimum atomic E-state index is -0.443. The van der Waals surface area contributed by atoms with Crippen LogP contribution < -0.4 is 4.74 Å². The van der Waals surface area contributed by atoms with E-state index in [4.69, 9.17) is 9.47 Å². The number of aryl methyl sites for hydroxylation is 3. The molecule has 2 aromatic rings. The summed E-state index contributed by atoms with van der Waals surface area (Å²) in [5, 5.41) is 0. The van der Waals surface area contributed by atoms with Crippen molar-refractivity contribution in [3.63, 3.8) is 0 Å². The summed E-state index contributed by atoms with van der Waals surface area (Å²) in [5.41, 5.74) is 4.72. The molecular formula is C20H19NO3. The fraction of sp³-hybridized carbons (Fsp3) is 0.200. The van der Waals surface area contributed by atoms with Gasteiger partial charge in [-0.1, -0.05) is 35.9 Å². The molecule has 0 aromatic heterocycles. The molecule has 0 saturated heterocycles. The number of hydrogen-bond donors (Lipinski definition) is 0. The number of nitrogens with zero attached hydrogens (tertiary/aromatic N) is 1. The highest BCUT2D eigenvalue weighted by Crippen LogP contribution is 2.22. The van der Waals surface area contributed by atoms with Gasteiger partial charge in [-0.25, -0.2) is 9.79 Å². The van der Waals surface area contributed by atoms with E-state index >= 15 is 0 Å². The van der Waals surface area contributed by atoms with Crippen molar-refractivity contribution in [2.45, 2.75) is 20.8 Å². The lowest BCUT2D eigenvalue weighted by Crippen LogP contribution is -2.13. The van der Waals surface area contributed by atoms with Crippen molar-refractivity contribution in [1.29, 1.82) is 0 Å². The van der Waals surface area contributed by atoms with E-state index in [1.807, 2.05) is 44.2 Å². The maximum absolute atomic E-state index is 12.0. The van der Waals surface area contributed by atoms with Gasteiger partial charge in [0.05, 0.1) is 0 Å². The van der Waals surface area contributed by atoms with Gasteiger partial charge in [0, 0.05) is 0 Å². The highest BCUT2D eigenvalue weighted by atomic mass is 16.6. The molecule has 0 amide bonds. The topological polar surface area (TPSA) is 47.9 Å². The quantitative estimate of drug-likeness (QED) is 0.632. The molecule has 1 aliphatic heterocycles. The monoisotopic (exact) mass is 321 g/mol. The number of carbonyl (C=O) groups is 1. The molecule has 0 aliphatic carbocycles. The van der Waals surface area contributed by atoms with Crippen LogP contribution in [-0.2, 0) is 9.53 Å². The smallest absolute Gasteiger partial charge is 0.363 e. The molecule has 4 heteroatoms. The SMILES string of the molecule is Cc1cc(C)c(/C=C2\N=C(COc3ccccc3)OC2=O)c(C)c1. The van der Waals surface area contributed by atoms with Crippen LogP contribution in [0.1, 0.15) is 22.3 Å². The molecule has 1 aliphatic rings. The Morgan fingerprint density at radius 1 is 1.08 bits per heavy atom. The van der Waals surface area contributed by atoms with Gasteiger partial charge >= 0.3 is 5.97 Å². The second-order valence-corrected chi connectivity index (χ2v) is 5.84. The Morgan fingerprint density at radius 2 is 1.75 bits per heavy atom. The van der Waals surface area contributed by atoms with Crippen LogP contribution in [0.25, 0.3) is 6.08 Å². The first kappa shape index (κ1) is 16.0. The van der Waals surface area contributed by atoms with Gasteiger partial charge in [-0.2, -0.15) is 0 Å². The Morgan fingerprint density at radius 3 is 2.42 bits per heavy atom. The molecule has 3 rings (SSSR count). The van der Waals surface area contributed by atoms with Gasteiger partial charge in [-0.3, -0.25) is 0 Å². The average molecular weight is 321 g/mol. The second kappa shape index (κ2) is 6.71. The molecule has 0 unspecified atom stereocenters. The van der Waals surface area contributed by atoms with E-state index in [9.17, 15) is 4.79 Å². The van der Waals surface area contributed by atoms with E-state index in [0.717, 1.165) is 16.7 Å². The number of rotatable bonds is 4. The van der Waals surface area contributed by atoms with Crippen LogP contribution in [0.2, 0.25) is 0 Å². The van der Waals surface area contributed by atoms with Gasteiger partial charge < -0.3 is 9.47 Å². The highest BCUT2D eigenvalue weighted by Gasteiger charge is 2.23. The Labute approximate surface area is 141 Å². The molecule has 0 radical (unpaired) electrons. The summed E-state index contributed by atoms with van der Waals surface area (Å²) in [7, 11) is 0. The zero-order valence-electron chi connectivity index (χ0n) is 14.0. The number of ether oxygens (including phenoxy) is 2. The number of esters is 1. The van der Waals surface area contributed by atoms with Gasteiger partial charge in [0.15, 0.2) is 12.3 Å². The molecule has 0 fully saturated rings. The van der Waals surface area contributed by atoms with Crippen LogP contribution in [0.4, 0.5) is 0 Å². The Balaban J connectivity index is 1.79. The van der Waals surface area contributed by atoms with E-state index in [1.54, 1.807) is 6.08 Å². The molecule has 0 bridgehead atoms. The lowest BCUT2D eigenvalue weighted by molar-refractivity contribution is -0.130. The summed E-state index contributed by atoms with van der Waals surface area (Å²) in [6.45, 7) is 6.22. The van der Waals surface area contributed by atoms with E-state index in [2.05, 4.69) is 24.0 Å². The normalized spacial score (nSPS) is 15.4. The standard InChI is InChI=1S/C20H19NO3/c1-13-9-14(2)17(15(3)10-13)11-18-20(22)24-19(21-18)12-23-16-7-5-4-6-8-16/h4-11H,12H2,1-3H3/b18-11-. The van der Waals surface area contributed by atoms with Crippen molar-refractivity contribution in [2.24, 2.45) is 4.99 Å². The maximum Gasteiger partial charge on any atom is 0.363 e. The van der Waals surface area contributed by atoms with Crippen molar-refractivity contribution >= 4 is 17.9 Å². The molecule has 0 spiro atoms. The first-order chi connectivity index (χ1) is 11.5. The molecule has 0 N–H and O–H groups in total. The number of carbonyl (C=O) groups excluding carboxylic acids is 1. The Bertz CT molecular complexity index is 812. The minimum absolute atomic E-state index is 0.124. The first-order valence-electron chi connectivity index (χ1n) is 7.80. The molecule has 0 saturated carbocycles. The zero-order valence-corrected chi connectivity index (χ0v) is 14.0. The fourth-order valence-electron chi connectivity index (χ4n) is 2.73. The largest absolute Gasteiger partial charge is 0.484 e. The van der Waals surface area contributed by atoms with Crippen molar-refractivity contribution < 1.29 is 14.3 Å². The third kappa shape index (κ3) is 3.54. The van der Waals surface area contributed by atoms with Gasteiger partial charge in [-0.15, -0.1) is 0 Å². The predicted molar refractivity (Wildman–Crippen MR) is 94.1 cm³/mol. The summed E-state index contributed by atoms with van der Waals surface area (Å²) in [4.78, 5) is 16.3. The van der Waals surface area contributed by atoms with E-state index in [0.29, 0.717) is 11.4 Å². The number of benzene rings is 2. The van der Waals surface area contributed by atoms with Crippen molar-refractivity contribution in [1.82, 2.24) is 0 Å². The van der Waals surface area contributed by atoms with Gasteiger partial charge in [-0.05, 0) is 55.7 Å². The number of cyclic esters (lactones) is 1. The number of para-hydroxylation sites is 1. The molecule has 4 nitrogen and oxygen atoms in total. The van der Waals surface area contributed by atoms with Crippen molar-refractivity contribution in [3.8, 4) is 5.75 Å². The Hall–Kier alpha value is -2.88. The fourth-order valence-corrected chi connectivity index (χ4v) is 2.73. The van der Waals surface area contributed by atoms with Crippen molar-refractivity contribution in [3.05, 3.63) is 70.4 Å². The number of hydrogen-bond acceptors (Lipinski definition) is 4. The van der Waals surface area contributed by atoms with E-state index in [-0.39, 0.29) is 12.5 Å². The predicted octanol–water partition coefficient (Wildman–Crippen LogP) is 3.99. The molecule has 0 atom stereocenters. The van der Waals surface area contributed by atoms with Crippen molar-refractivity contribution in [2.75, 3.05) is 6.61 Å². The number of aliphatic imine (C=N–C) groups is 1. The van der Waals surface area contributed by atoms with Crippen LogP contribution in [0.5, 0.6) is 5.75 Å². The first-order valence-corrected chi connectivity index (χ1v) is 7.80. The second-order valence-electron chi connectivity index (χ2n) is 5.84. The van der Waals surface area contributed by atoms with Crippen LogP contribution in [0, 0.1) is 20.8 Å². The summed E-state index contributed by atoms with van der Waals surface area (Å²) < 4.78 is 10.8. The van der Waals surface area contributed by atoms with Crippen LogP contribution in [-0.4, -0.2) is 18.5 Å². The zero-order chi connectivity index (χ0) is 17.1. The van der Waals surface area contributed by atoms with Gasteiger partial charge in [0.1, 0.15) is 5.75 Å². The summed E-state index contributed by atoms with van der Waals surface area (Å²) in [6, 6.07) is 13.5. The molecule has 24 heavy (non-hydrogen) atoms. The van der Waals surface area contributed by atoms with Crippen LogP contribution >= 0.6 is 0 Å². The molecular weight excluding hydrogens is 302 g/mol. The average Bonchev–Trinajstić information content (AvgIpc) is 2.90. The third-order valence-corrected chi connectivity index (χ3v) is 3.79. The summed E-state index contributed by atoms with van der Waals surface area (Å²) >= 11 is 0. The lowest BCUT2D eigenvalue weighted by Gasteiger charge is -2.07. The Kier molecular flexibility index (Phi) is 4.47. The lowest BCUT2D eigenvalue weighted by atomic mass is 9.99.